The van der Waals surface area contributed by atoms with Crippen LogP contribution in [0.2, 0.25) is 0 Å². The number of rotatable bonds is 6. The monoisotopic (exact) mass is 659 g/mol. The third-order valence-corrected chi connectivity index (χ3v) is 18.5. The first-order chi connectivity index (χ1) is 23.7. The molecule has 0 saturated carbocycles. The first-order valence-corrected chi connectivity index (χ1v) is 20.4. The number of hydrogen-bond donors (Lipinski definition) is 2. The molecule has 49 heavy (non-hydrogen) atoms. The third kappa shape index (κ3) is 4.39. The van der Waals surface area contributed by atoms with Gasteiger partial charge in [-0.05, 0) is 89.3 Å². The Balaban J connectivity index is 1.08. The average molecular weight is 660 g/mol. The maximum Gasteiger partial charge on any atom is 0.135 e. The van der Waals surface area contributed by atoms with Crippen molar-refractivity contribution in [1.82, 2.24) is 5.43 Å². The van der Waals surface area contributed by atoms with Crippen molar-refractivity contribution in [2.24, 2.45) is 5.84 Å². The lowest BCUT2D eigenvalue weighted by Crippen LogP contribution is -2.41. The molecule has 1 fully saturated rings. The normalized spacial score (nSPS) is 25.5. The molecule has 3 unspecified atom stereocenters. The quantitative estimate of drug-likeness (QED) is 0.108. The van der Waals surface area contributed by atoms with Gasteiger partial charge < -0.3 is 9.32 Å². The molecule has 4 nitrogen and oxygen atoms in total. The van der Waals surface area contributed by atoms with Crippen LogP contribution in [0.1, 0.15) is 16.7 Å². The molecule has 5 heteroatoms. The van der Waals surface area contributed by atoms with Crippen LogP contribution in [-0.2, 0) is 6.42 Å². The highest BCUT2D eigenvalue weighted by Gasteiger charge is 2.79. The van der Waals surface area contributed by atoms with Crippen molar-refractivity contribution in [3.63, 3.8) is 0 Å². The predicted octanol–water partition coefficient (Wildman–Crippen LogP) is 10.1. The molecular weight excluding hydrogens is 619 g/mol. The molecule has 3 N–H and O–H groups in total. The van der Waals surface area contributed by atoms with E-state index >= 15 is 0 Å². The Hall–Kier alpha value is -5.07. The van der Waals surface area contributed by atoms with Gasteiger partial charge in [-0.1, -0.05) is 108 Å². The van der Waals surface area contributed by atoms with E-state index in [9.17, 15) is 0 Å². The van der Waals surface area contributed by atoms with Gasteiger partial charge in [-0.25, -0.2) is 8.29 Å². The fraction of sp³-hybridized carbons (Fsp3) is 0.136. The first kappa shape index (κ1) is 30.0. The van der Waals surface area contributed by atoms with Gasteiger partial charge in [-0.3, -0.25) is 11.3 Å². The van der Waals surface area contributed by atoms with Crippen molar-refractivity contribution in [2.75, 3.05) is 17.4 Å². The second kappa shape index (κ2) is 10.2. The fourth-order valence-electron chi connectivity index (χ4n) is 8.67. The summed E-state index contributed by atoms with van der Waals surface area (Å²) >= 11 is 0. The molecule has 5 aromatic rings. The van der Waals surface area contributed by atoms with Gasteiger partial charge in [0.2, 0.25) is 0 Å². The molecule has 0 radical (unpaired) electrons. The number of nitrogens with two attached hydrogens (primary N) is 1. The van der Waals surface area contributed by atoms with Crippen molar-refractivity contribution in [3.8, 4) is 0 Å². The van der Waals surface area contributed by atoms with Crippen LogP contribution in [0.5, 0.6) is 0 Å². The lowest BCUT2D eigenvalue weighted by molar-refractivity contribution is 0.581. The summed E-state index contributed by atoms with van der Waals surface area (Å²) in [5.74, 6) is 6.26. The predicted molar refractivity (Wildman–Crippen MR) is 212 cm³/mol. The van der Waals surface area contributed by atoms with Crippen molar-refractivity contribution in [2.45, 2.75) is 23.0 Å². The number of hydrazine groups is 1. The highest BCUT2D eigenvalue weighted by molar-refractivity contribution is 8.73. The number of nitrogens with one attached hydrogen (secondary N) is 1. The van der Waals surface area contributed by atoms with Crippen LogP contribution in [-0.4, -0.2) is 29.1 Å². The van der Waals surface area contributed by atoms with Crippen LogP contribution in [0.3, 0.4) is 0 Å². The van der Waals surface area contributed by atoms with E-state index in [0.717, 1.165) is 50.9 Å². The Morgan fingerprint density at radius 3 is 2.53 bits per heavy atom. The SMILES string of the molecule is C=C1/C=C\C=C/N(c2ccc3oc4ccccc4c3c2)c2ccc(C3=CC4C5C(C(Cc6ccccc6)NN)=CC=CS45(C)(C)C=C3)cc21. The van der Waals surface area contributed by atoms with E-state index in [1.54, 1.807) is 0 Å². The van der Waals surface area contributed by atoms with E-state index in [1.807, 2.05) is 12.1 Å². The molecule has 1 spiro atoms. The van der Waals surface area contributed by atoms with Crippen LogP contribution < -0.4 is 16.2 Å². The Kier molecular flexibility index (Phi) is 6.26. The summed E-state index contributed by atoms with van der Waals surface area (Å²) in [6.07, 6.45) is 23.8. The second-order valence-electron chi connectivity index (χ2n) is 14.9. The van der Waals surface area contributed by atoms with Gasteiger partial charge >= 0.3 is 0 Å². The number of fused-ring (bicyclic) bond motifs is 5. The lowest BCUT2D eigenvalue weighted by Gasteiger charge is -2.58. The molecule has 1 aromatic heterocycles. The van der Waals surface area contributed by atoms with E-state index in [1.165, 1.54) is 22.3 Å². The van der Waals surface area contributed by atoms with Crippen LogP contribution in [0, 0.1) is 0 Å². The summed E-state index contributed by atoms with van der Waals surface area (Å²) in [5, 5.41) is 8.18. The number of para-hydroxylation sites is 1. The van der Waals surface area contributed by atoms with Crippen LogP contribution >= 0.6 is 8.29 Å². The third-order valence-electron chi connectivity index (χ3n) is 11.6. The molecule has 0 amide bonds. The molecule has 5 heterocycles. The zero-order chi connectivity index (χ0) is 33.4. The van der Waals surface area contributed by atoms with Gasteiger partial charge in [-0.15, -0.1) is 0 Å². The number of furan rings is 1. The number of allylic oxidation sites excluding steroid dienone is 8. The zero-order valence-electron chi connectivity index (χ0n) is 27.9. The number of nitrogens with zero attached hydrogens (tertiary/aromatic N) is 1. The number of hydrogen-bond acceptors (Lipinski definition) is 4. The summed E-state index contributed by atoms with van der Waals surface area (Å²) in [6.45, 7) is 4.50. The van der Waals surface area contributed by atoms with Gasteiger partial charge in [0, 0.05) is 44.8 Å². The molecule has 4 aliphatic rings. The maximum atomic E-state index is 6.26. The number of benzene rings is 4. The number of anilines is 2. The molecule has 3 atom stereocenters. The second-order valence-corrected chi connectivity index (χ2v) is 22.7. The molecule has 0 bridgehead atoms. The minimum Gasteiger partial charge on any atom is -0.456 e. The largest absolute Gasteiger partial charge is 0.456 e. The molecule has 9 rings (SSSR count). The highest BCUT2D eigenvalue weighted by atomic mass is 32.4. The van der Waals surface area contributed by atoms with Crippen molar-refractivity contribution < 1.29 is 4.42 Å². The van der Waals surface area contributed by atoms with E-state index in [4.69, 9.17) is 10.3 Å². The highest BCUT2D eigenvalue weighted by Crippen LogP contribution is 3.08. The Labute approximate surface area is 287 Å². The van der Waals surface area contributed by atoms with E-state index in [-0.39, 0.29) is 6.04 Å². The minimum atomic E-state index is -2.68. The van der Waals surface area contributed by atoms with Gasteiger partial charge in [0.05, 0.1) is 5.69 Å². The summed E-state index contributed by atoms with van der Waals surface area (Å²) < 4.78 is 6.13. The van der Waals surface area contributed by atoms with Crippen LogP contribution in [0.25, 0.3) is 33.1 Å². The smallest absolute Gasteiger partial charge is 0.135 e. The standard InChI is InChI=1S/C44H41N3OS/c1-30-12-9-10-23-47(34-19-21-42-38(29-34)35-15-7-8-17-41(35)48-42)40-20-18-32(27-37(30)40)33-22-25-49(2,3)24-11-16-36(44(49)43(49)28-33)39(46-45)26-31-13-5-4-6-14-31/h4-25,27-29,39,43-44,46H,1,26,45H2,2-3H3/b12-9-,23-10-. The summed E-state index contributed by atoms with van der Waals surface area (Å²) in [5.41, 5.74) is 14.4. The van der Waals surface area contributed by atoms with Gasteiger partial charge in [0.25, 0.3) is 0 Å². The molecule has 4 aliphatic heterocycles. The Morgan fingerprint density at radius 1 is 0.857 bits per heavy atom. The van der Waals surface area contributed by atoms with Gasteiger partial charge in [-0.2, -0.15) is 0 Å². The van der Waals surface area contributed by atoms with Gasteiger partial charge in [0.1, 0.15) is 11.2 Å². The van der Waals surface area contributed by atoms with Gasteiger partial charge in [0.15, 0.2) is 0 Å². The average Bonchev–Trinajstić information content (AvgIpc) is 3.42. The Bertz CT molecular complexity index is 2420. The van der Waals surface area contributed by atoms with E-state index in [2.05, 4.69) is 168 Å². The first-order valence-electron chi connectivity index (χ1n) is 16.9. The summed E-state index contributed by atoms with van der Waals surface area (Å²) in [4.78, 5) is 2.26. The molecule has 4 aromatic carbocycles. The molecule has 244 valence electrons. The van der Waals surface area contributed by atoms with Crippen molar-refractivity contribution >= 4 is 52.8 Å². The van der Waals surface area contributed by atoms with Crippen LogP contribution in [0.15, 0.2) is 167 Å². The molecule has 1 saturated heterocycles. The maximum absolute atomic E-state index is 6.26. The van der Waals surface area contributed by atoms with Crippen molar-refractivity contribution in [3.05, 3.63) is 179 Å². The van der Waals surface area contributed by atoms with E-state index < -0.39 is 8.29 Å². The lowest BCUT2D eigenvalue weighted by atomic mass is 9.93. The molecular formula is C44H41N3OS. The minimum absolute atomic E-state index is 0.0745. The van der Waals surface area contributed by atoms with Crippen LogP contribution in [0.4, 0.5) is 11.4 Å². The zero-order valence-corrected chi connectivity index (χ0v) is 28.7. The Morgan fingerprint density at radius 2 is 1.67 bits per heavy atom. The summed E-state index contributed by atoms with van der Waals surface area (Å²) in [6, 6.07) is 32.2. The van der Waals surface area contributed by atoms with Crippen molar-refractivity contribution in [1.29, 1.82) is 0 Å². The van der Waals surface area contributed by atoms with E-state index in [0.29, 0.717) is 10.5 Å². The fourth-order valence-corrected chi connectivity index (χ4v) is 15.5. The molecule has 0 aliphatic carbocycles. The topological polar surface area (TPSA) is 54.4 Å². The summed E-state index contributed by atoms with van der Waals surface area (Å²) in [7, 11) is -2.68.